The van der Waals surface area contributed by atoms with E-state index in [2.05, 4.69) is 96.9 Å². The number of pyridine rings is 1. The zero-order valence-electron chi connectivity index (χ0n) is 19.0. The van der Waals surface area contributed by atoms with Crippen LogP contribution in [-0.4, -0.2) is 4.98 Å². The second-order valence-corrected chi connectivity index (χ2v) is 9.04. The number of aryl methyl sites for hydroxylation is 1. The third-order valence-corrected chi connectivity index (χ3v) is 6.93. The van der Waals surface area contributed by atoms with E-state index >= 15 is 0 Å². The van der Waals surface area contributed by atoms with E-state index in [0.717, 1.165) is 50.1 Å². The van der Waals surface area contributed by atoms with Crippen molar-refractivity contribution in [2.75, 3.05) is 5.32 Å². The molecule has 7 rings (SSSR count). The maximum Gasteiger partial charge on any atom is 0.136 e. The van der Waals surface area contributed by atoms with E-state index in [4.69, 9.17) is 4.42 Å². The molecule has 0 fully saturated rings. The maximum atomic E-state index is 6.21. The van der Waals surface area contributed by atoms with Gasteiger partial charge in [-0.1, -0.05) is 48.5 Å². The van der Waals surface area contributed by atoms with Gasteiger partial charge in [-0.05, 0) is 72.5 Å². The van der Waals surface area contributed by atoms with Gasteiger partial charge in [0.2, 0.25) is 0 Å². The molecule has 2 bridgehead atoms. The lowest BCUT2D eigenvalue weighted by Gasteiger charge is -2.23. The van der Waals surface area contributed by atoms with Gasteiger partial charge in [0.25, 0.3) is 0 Å². The first-order chi connectivity index (χ1) is 16.7. The summed E-state index contributed by atoms with van der Waals surface area (Å²) in [5, 5.41) is 6.05. The van der Waals surface area contributed by atoms with Crippen molar-refractivity contribution in [1.29, 1.82) is 0 Å². The lowest BCUT2D eigenvalue weighted by Crippen LogP contribution is -2.02. The van der Waals surface area contributed by atoms with E-state index in [1.807, 2.05) is 18.3 Å². The number of rotatable bonds is 1. The van der Waals surface area contributed by atoms with Crippen molar-refractivity contribution in [2.45, 2.75) is 13.8 Å². The molecule has 0 radical (unpaired) electrons. The molecule has 1 aliphatic heterocycles. The minimum Gasteiger partial charge on any atom is -0.456 e. The first-order valence-corrected chi connectivity index (χ1v) is 11.6. The van der Waals surface area contributed by atoms with E-state index in [-0.39, 0.29) is 0 Å². The van der Waals surface area contributed by atoms with Crippen LogP contribution in [0.1, 0.15) is 11.1 Å². The maximum absolute atomic E-state index is 6.21. The van der Waals surface area contributed by atoms with Crippen molar-refractivity contribution in [2.24, 2.45) is 0 Å². The minimum atomic E-state index is 0.910. The van der Waals surface area contributed by atoms with Crippen molar-refractivity contribution in [3.05, 3.63) is 102 Å². The molecular weight excluding hydrogens is 416 g/mol. The Hall–Kier alpha value is -4.37. The topological polar surface area (TPSA) is 38.1 Å². The Morgan fingerprint density at radius 3 is 2.44 bits per heavy atom. The van der Waals surface area contributed by atoms with Gasteiger partial charge in [0.15, 0.2) is 0 Å². The van der Waals surface area contributed by atoms with Gasteiger partial charge in [-0.3, -0.25) is 4.98 Å². The predicted molar refractivity (Wildman–Crippen MR) is 141 cm³/mol. The van der Waals surface area contributed by atoms with Crippen LogP contribution in [0.5, 0.6) is 0 Å². The Labute approximate surface area is 197 Å². The van der Waals surface area contributed by atoms with Gasteiger partial charge >= 0.3 is 0 Å². The molecule has 1 aliphatic rings. The summed E-state index contributed by atoms with van der Waals surface area (Å²) in [7, 11) is 0. The zero-order chi connectivity index (χ0) is 22.8. The van der Waals surface area contributed by atoms with E-state index in [9.17, 15) is 0 Å². The summed E-state index contributed by atoms with van der Waals surface area (Å²) in [5.41, 5.74) is 13.3. The molecule has 3 nitrogen and oxygen atoms in total. The van der Waals surface area contributed by atoms with Crippen molar-refractivity contribution < 1.29 is 4.42 Å². The highest BCUT2D eigenvalue weighted by Gasteiger charge is 2.23. The number of anilines is 2. The molecule has 0 atom stereocenters. The second-order valence-electron chi connectivity index (χ2n) is 9.04. The monoisotopic (exact) mass is 438 g/mol. The first kappa shape index (κ1) is 19.1. The summed E-state index contributed by atoms with van der Waals surface area (Å²) >= 11 is 0. The normalized spacial score (nSPS) is 12.1. The van der Waals surface area contributed by atoms with Crippen LogP contribution in [0.2, 0.25) is 0 Å². The highest BCUT2D eigenvalue weighted by molar-refractivity contribution is 6.17. The highest BCUT2D eigenvalue weighted by atomic mass is 16.3. The van der Waals surface area contributed by atoms with Gasteiger partial charge < -0.3 is 9.73 Å². The molecule has 4 aromatic carbocycles. The number of fused-ring (bicyclic) bond motifs is 10. The molecule has 162 valence electrons. The van der Waals surface area contributed by atoms with E-state index in [1.54, 1.807) is 0 Å². The smallest absolute Gasteiger partial charge is 0.136 e. The standard InChI is InChI=1S/C31H22N2O/c1-18-10-12-25(32-17-18)20-11-13-26-24(16-20)21-7-5-8-22(19(21)2)30-27(33-26)14-15-29-31(30)23-6-3-4-9-28(23)34-29/h3-17,33H,1-2H3. The number of aromatic nitrogens is 1. The van der Waals surface area contributed by atoms with E-state index in [1.165, 1.54) is 27.8 Å². The van der Waals surface area contributed by atoms with Crippen LogP contribution in [-0.2, 0) is 0 Å². The quantitative estimate of drug-likeness (QED) is 0.279. The summed E-state index contributed by atoms with van der Waals surface area (Å²) < 4.78 is 6.21. The molecule has 0 saturated carbocycles. The van der Waals surface area contributed by atoms with Crippen molar-refractivity contribution in [3.63, 3.8) is 0 Å². The molecule has 0 aliphatic carbocycles. The summed E-state index contributed by atoms with van der Waals surface area (Å²) in [6, 6.07) is 29.9. The van der Waals surface area contributed by atoms with Gasteiger partial charge in [-0.15, -0.1) is 0 Å². The average molecular weight is 439 g/mol. The molecule has 0 saturated heterocycles. The van der Waals surface area contributed by atoms with Crippen molar-refractivity contribution >= 4 is 33.3 Å². The lowest BCUT2D eigenvalue weighted by molar-refractivity contribution is 0.669. The number of nitrogens with zero attached hydrogens (tertiary/aromatic N) is 1. The summed E-state index contributed by atoms with van der Waals surface area (Å²) in [6.07, 6.45) is 1.92. The molecule has 0 unspecified atom stereocenters. The summed E-state index contributed by atoms with van der Waals surface area (Å²) in [6.45, 7) is 4.29. The molecular formula is C31H22N2O. The van der Waals surface area contributed by atoms with Crippen molar-refractivity contribution in [3.8, 4) is 33.5 Å². The van der Waals surface area contributed by atoms with Gasteiger partial charge in [-0.25, -0.2) is 0 Å². The van der Waals surface area contributed by atoms with Gasteiger partial charge in [0.05, 0.1) is 5.69 Å². The highest BCUT2D eigenvalue weighted by Crippen LogP contribution is 2.48. The fourth-order valence-electron chi connectivity index (χ4n) is 5.22. The molecule has 0 amide bonds. The Morgan fingerprint density at radius 1 is 0.706 bits per heavy atom. The van der Waals surface area contributed by atoms with Crippen LogP contribution < -0.4 is 5.32 Å². The van der Waals surface area contributed by atoms with Crippen molar-refractivity contribution in [1.82, 2.24) is 4.98 Å². The van der Waals surface area contributed by atoms with Crippen LogP contribution >= 0.6 is 0 Å². The van der Waals surface area contributed by atoms with E-state index in [0.29, 0.717) is 0 Å². The minimum absolute atomic E-state index is 0.910. The second kappa shape index (κ2) is 7.06. The molecule has 3 heteroatoms. The fourth-order valence-corrected chi connectivity index (χ4v) is 5.22. The molecule has 34 heavy (non-hydrogen) atoms. The number of furan rings is 1. The lowest BCUT2D eigenvalue weighted by atomic mass is 9.87. The third-order valence-electron chi connectivity index (χ3n) is 6.93. The Balaban J connectivity index is 1.52. The number of benzene rings is 4. The first-order valence-electron chi connectivity index (χ1n) is 11.6. The number of para-hydroxylation sites is 1. The Morgan fingerprint density at radius 2 is 1.56 bits per heavy atom. The third kappa shape index (κ3) is 2.74. The van der Waals surface area contributed by atoms with Crippen LogP contribution in [0, 0.1) is 13.8 Å². The van der Waals surface area contributed by atoms with E-state index < -0.39 is 0 Å². The predicted octanol–water partition coefficient (Wildman–Crippen LogP) is 8.66. The fraction of sp³-hybridized carbons (Fsp3) is 0.0645. The molecule has 1 N–H and O–H groups in total. The van der Waals surface area contributed by atoms with Crippen LogP contribution in [0.4, 0.5) is 11.4 Å². The number of hydrogen-bond donors (Lipinski definition) is 1. The largest absolute Gasteiger partial charge is 0.456 e. The number of nitrogens with one attached hydrogen (secondary N) is 1. The average Bonchev–Trinajstić information content (AvgIpc) is 3.24. The molecule has 3 heterocycles. The van der Waals surface area contributed by atoms with Gasteiger partial charge in [-0.2, -0.15) is 0 Å². The molecule has 0 spiro atoms. The van der Waals surface area contributed by atoms with Crippen LogP contribution in [0.15, 0.2) is 95.5 Å². The van der Waals surface area contributed by atoms with Gasteiger partial charge in [0.1, 0.15) is 11.2 Å². The Bertz CT molecular complexity index is 1740. The SMILES string of the molecule is Cc1ccc(-c2ccc3c(c2)-c2cccc(c2C)-c2c(ccc4oc5ccccc5c24)N3)nc1. The zero-order valence-corrected chi connectivity index (χ0v) is 19.0. The van der Waals surface area contributed by atoms with Crippen LogP contribution in [0.25, 0.3) is 55.4 Å². The molecule has 2 aromatic heterocycles. The number of hydrogen-bond acceptors (Lipinski definition) is 3. The van der Waals surface area contributed by atoms with Gasteiger partial charge in [0, 0.05) is 45.0 Å². The Kier molecular flexibility index (Phi) is 3.97. The summed E-state index contributed by atoms with van der Waals surface area (Å²) in [4.78, 5) is 4.66. The summed E-state index contributed by atoms with van der Waals surface area (Å²) in [5.74, 6) is 0. The van der Waals surface area contributed by atoms with Crippen LogP contribution in [0.3, 0.4) is 0 Å². The molecule has 6 aromatic rings.